The van der Waals surface area contributed by atoms with Gasteiger partial charge in [0, 0.05) is 25.0 Å². The van der Waals surface area contributed by atoms with Gasteiger partial charge in [-0.1, -0.05) is 37.6 Å². The van der Waals surface area contributed by atoms with E-state index in [2.05, 4.69) is 0 Å². The van der Waals surface area contributed by atoms with E-state index in [1.165, 1.54) is 0 Å². The van der Waals surface area contributed by atoms with Crippen LogP contribution in [-0.4, -0.2) is 17.9 Å². The smallest absolute Gasteiger partial charge is 0.222 e. The van der Waals surface area contributed by atoms with E-state index in [1.807, 2.05) is 45.2 Å². The Hall–Kier alpha value is -1.02. The van der Waals surface area contributed by atoms with Gasteiger partial charge in [0.2, 0.25) is 5.91 Å². The van der Waals surface area contributed by atoms with Gasteiger partial charge in [0.1, 0.15) is 0 Å². The Kier molecular flexibility index (Phi) is 4.81. The molecule has 2 nitrogen and oxygen atoms in total. The summed E-state index contributed by atoms with van der Waals surface area (Å²) in [5.41, 5.74) is 1.06. The standard InChI is InChI=1S/C13H18ClNO/c1-10(2)7-13(16)15(3)9-11-5-4-6-12(14)8-11/h4-6,8,10H,7,9H2,1-3H3. The topological polar surface area (TPSA) is 20.3 Å². The molecular formula is C13H18ClNO. The highest BCUT2D eigenvalue weighted by molar-refractivity contribution is 6.30. The molecule has 0 heterocycles. The molecule has 0 aliphatic carbocycles. The number of halogens is 1. The zero-order chi connectivity index (χ0) is 12.1. The predicted octanol–water partition coefficient (Wildman–Crippen LogP) is 3.34. The number of carbonyl (C=O) groups is 1. The van der Waals surface area contributed by atoms with Crippen molar-refractivity contribution in [1.82, 2.24) is 4.90 Å². The van der Waals surface area contributed by atoms with Crippen LogP contribution in [0.3, 0.4) is 0 Å². The summed E-state index contributed by atoms with van der Waals surface area (Å²) in [7, 11) is 1.83. The minimum absolute atomic E-state index is 0.176. The van der Waals surface area contributed by atoms with Gasteiger partial charge in [0.25, 0.3) is 0 Å². The summed E-state index contributed by atoms with van der Waals surface area (Å²) in [6.45, 7) is 4.71. The summed E-state index contributed by atoms with van der Waals surface area (Å²) in [6.07, 6.45) is 0.594. The van der Waals surface area contributed by atoms with Gasteiger partial charge in [-0.3, -0.25) is 4.79 Å². The molecule has 0 N–H and O–H groups in total. The molecule has 0 fully saturated rings. The maximum atomic E-state index is 11.7. The number of benzene rings is 1. The van der Waals surface area contributed by atoms with Crippen LogP contribution in [0.1, 0.15) is 25.8 Å². The molecule has 88 valence electrons. The van der Waals surface area contributed by atoms with E-state index in [4.69, 9.17) is 11.6 Å². The minimum Gasteiger partial charge on any atom is -0.341 e. The molecule has 1 aromatic carbocycles. The fourth-order valence-corrected chi connectivity index (χ4v) is 1.72. The molecule has 0 aromatic heterocycles. The van der Waals surface area contributed by atoms with Crippen LogP contribution >= 0.6 is 11.6 Å². The van der Waals surface area contributed by atoms with Crippen molar-refractivity contribution in [1.29, 1.82) is 0 Å². The minimum atomic E-state index is 0.176. The molecule has 0 atom stereocenters. The van der Waals surface area contributed by atoms with Crippen molar-refractivity contribution >= 4 is 17.5 Å². The average molecular weight is 240 g/mol. The van der Waals surface area contributed by atoms with Gasteiger partial charge in [0.15, 0.2) is 0 Å². The number of hydrogen-bond donors (Lipinski definition) is 0. The lowest BCUT2D eigenvalue weighted by molar-refractivity contribution is -0.131. The first-order valence-electron chi connectivity index (χ1n) is 5.47. The fraction of sp³-hybridized carbons (Fsp3) is 0.462. The Morgan fingerprint density at radius 1 is 1.44 bits per heavy atom. The highest BCUT2D eigenvalue weighted by atomic mass is 35.5. The van der Waals surface area contributed by atoms with Crippen LogP contribution in [0.15, 0.2) is 24.3 Å². The number of amides is 1. The molecule has 0 radical (unpaired) electrons. The maximum Gasteiger partial charge on any atom is 0.222 e. The second-order valence-electron chi connectivity index (χ2n) is 4.48. The summed E-state index contributed by atoms with van der Waals surface area (Å²) >= 11 is 5.89. The van der Waals surface area contributed by atoms with Crippen LogP contribution in [0.25, 0.3) is 0 Å². The number of rotatable bonds is 4. The van der Waals surface area contributed by atoms with E-state index in [0.717, 1.165) is 5.56 Å². The monoisotopic (exact) mass is 239 g/mol. The van der Waals surface area contributed by atoms with E-state index in [9.17, 15) is 4.79 Å². The molecule has 1 aromatic rings. The van der Waals surface area contributed by atoms with Crippen molar-refractivity contribution < 1.29 is 4.79 Å². The van der Waals surface area contributed by atoms with Crippen LogP contribution < -0.4 is 0 Å². The average Bonchev–Trinajstić information content (AvgIpc) is 2.16. The van der Waals surface area contributed by atoms with E-state index in [1.54, 1.807) is 4.90 Å². The van der Waals surface area contributed by atoms with Crippen molar-refractivity contribution in [2.75, 3.05) is 7.05 Å². The summed E-state index contributed by atoms with van der Waals surface area (Å²) in [5.74, 6) is 0.573. The second kappa shape index (κ2) is 5.90. The number of carbonyl (C=O) groups excluding carboxylic acids is 1. The Bertz CT molecular complexity index is 363. The third kappa shape index (κ3) is 4.23. The molecule has 0 aliphatic rings. The number of nitrogens with zero attached hydrogens (tertiary/aromatic N) is 1. The van der Waals surface area contributed by atoms with Crippen molar-refractivity contribution in [3.8, 4) is 0 Å². The SMILES string of the molecule is CC(C)CC(=O)N(C)Cc1cccc(Cl)c1. The first kappa shape index (κ1) is 13.0. The van der Waals surface area contributed by atoms with Crippen molar-refractivity contribution in [3.05, 3.63) is 34.9 Å². The van der Waals surface area contributed by atoms with Gasteiger partial charge >= 0.3 is 0 Å². The van der Waals surface area contributed by atoms with Crippen LogP contribution in [0.4, 0.5) is 0 Å². The third-order valence-electron chi connectivity index (χ3n) is 2.32. The van der Waals surface area contributed by atoms with Crippen molar-refractivity contribution in [2.24, 2.45) is 5.92 Å². The maximum absolute atomic E-state index is 11.7. The van der Waals surface area contributed by atoms with Gasteiger partial charge in [-0.25, -0.2) is 0 Å². The van der Waals surface area contributed by atoms with Gasteiger partial charge in [-0.15, -0.1) is 0 Å². The molecule has 0 saturated heterocycles. The highest BCUT2D eigenvalue weighted by Crippen LogP contribution is 2.13. The van der Waals surface area contributed by atoms with Crippen LogP contribution in [0, 0.1) is 5.92 Å². The van der Waals surface area contributed by atoms with Gasteiger partial charge in [0.05, 0.1) is 0 Å². The zero-order valence-corrected chi connectivity index (χ0v) is 10.8. The molecule has 1 rings (SSSR count). The van der Waals surface area contributed by atoms with Gasteiger partial charge < -0.3 is 4.90 Å². The molecule has 0 bridgehead atoms. The predicted molar refractivity (Wildman–Crippen MR) is 67.4 cm³/mol. The van der Waals surface area contributed by atoms with E-state index in [-0.39, 0.29) is 5.91 Å². The molecule has 16 heavy (non-hydrogen) atoms. The molecule has 0 spiro atoms. The van der Waals surface area contributed by atoms with E-state index < -0.39 is 0 Å². The van der Waals surface area contributed by atoms with Crippen LogP contribution in [0.2, 0.25) is 5.02 Å². The lowest BCUT2D eigenvalue weighted by Gasteiger charge is -2.18. The Labute approximate surface area is 102 Å². The van der Waals surface area contributed by atoms with Gasteiger partial charge in [-0.2, -0.15) is 0 Å². The summed E-state index contributed by atoms with van der Waals surface area (Å²) < 4.78 is 0. The molecule has 1 amide bonds. The first-order chi connectivity index (χ1) is 7.49. The lowest BCUT2D eigenvalue weighted by Crippen LogP contribution is -2.27. The Morgan fingerprint density at radius 2 is 2.12 bits per heavy atom. The molecular weight excluding hydrogens is 222 g/mol. The summed E-state index contributed by atoms with van der Waals surface area (Å²) in [4.78, 5) is 13.5. The largest absolute Gasteiger partial charge is 0.341 e. The van der Waals surface area contributed by atoms with Crippen molar-refractivity contribution in [2.45, 2.75) is 26.8 Å². The Morgan fingerprint density at radius 3 is 2.69 bits per heavy atom. The summed E-state index contributed by atoms with van der Waals surface area (Å²) in [6, 6.07) is 7.60. The van der Waals surface area contributed by atoms with Crippen LogP contribution in [0.5, 0.6) is 0 Å². The molecule has 0 unspecified atom stereocenters. The second-order valence-corrected chi connectivity index (χ2v) is 4.91. The number of hydrogen-bond acceptors (Lipinski definition) is 1. The fourth-order valence-electron chi connectivity index (χ4n) is 1.50. The molecule has 3 heteroatoms. The van der Waals surface area contributed by atoms with E-state index >= 15 is 0 Å². The van der Waals surface area contributed by atoms with Gasteiger partial charge in [-0.05, 0) is 23.6 Å². The quantitative estimate of drug-likeness (QED) is 0.789. The summed E-state index contributed by atoms with van der Waals surface area (Å²) in [5, 5.41) is 0.710. The molecule has 0 aliphatic heterocycles. The van der Waals surface area contributed by atoms with Crippen LogP contribution in [-0.2, 0) is 11.3 Å². The first-order valence-corrected chi connectivity index (χ1v) is 5.85. The van der Waals surface area contributed by atoms with Crippen molar-refractivity contribution in [3.63, 3.8) is 0 Å². The lowest BCUT2D eigenvalue weighted by atomic mass is 10.1. The highest BCUT2D eigenvalue weighted by Gasteiger charge is 2.10. The zero-order valence-electron chi connectivity index (χ0n) is 10.0. The Balaban J connectivity index is 2.57. The van der Waals surface area contributed by atoms with E-state index in [0.29, 0.717) is 23.9 Å². The third-order valence-corrected chi connectivity index (χ3v) is 2.55. The normalized spacial score (nSPS) is 10.6. The molecule has 0 saturated carbocycles.